The van der Waals surface area contributed by atoms with E-state index in [9.17, 15) is 14.4 Å². The zero-order valence-corrected chi connectivity index (χ0v) is 50.6. The van der Waals surface area contributed by atoms with Crippen LogP contribution in [0.25, 0.3) is 0 Å². The number of hydrogen-bond donors (Lipinski definition) is 0. The summed E-state index contributed by atoms with van der Waals surface area (Å²) in [5.41, 5.74) is 0. The first-order valence-corrected chi connectivity index (χ1v) is 31.6. The summed E-state index contributed by atoms with van der Waals surface area (Å²) < 4.78 is 16.8. The second-order valence-electron chi connectivity index (χ2n) is 20.2. The van der Waals surface area contributed by atoms with Crippen LogP contribution in [0.15, 0.2) is 170 Å². The molecule has 0 saturated carbocycles. The van der Waals surface area contributed by atoms with E-state index in [0.717, 1.165) is 180 Å². The summed E-state index contributed by atoms with van der Waals surface area (Å²) in [6, 6.07) is 0. The van der Waals surface area contributed by atoms with Gasteiger partial charge in [-0.15, -0.1) is 0 Å². The summed E-state index contributed by atoms with van der Waals surface area (Å²) in [5.74, 6) is -0.968. The Morgan fingerprint density at radius 3 is 0.722 bits per heavy atom. The highest BCUT2D eigenvalue weighted by atomic mass is 16.6. The zero-order valence-electron chi connectivity index (χ0n) is 50.6. The van der Waals surface area contributed by atoms with Crippen LogP contribution in [-0.2, 0) is 28.6 Å². The van der Waals surface area contributed by atoms with Gasteiger partial charge in [-0.25, -0.2) is 0 Å². The average molecular weight is 1090 g/mol. The van der Waals surface area contributed by atoms with E-state index in [-0.39, 0.29) is 31.1 Å². The van der Waals surface area contributed by atoms with Gasteiger partial charge in [-0.3, -0.25) is 14.4 Å². The van der Waals surface area contributed by atoms with E-state index < -0.39 is 6.10 Å². The molecular weight excluding hydrogens is 973 g/mol. The van der Waals surface area contributed by atoms with Crippen LogP contribution in [0.1, 0.15) is 252 Å². The molecule has 0 amide bonds. The van der Waals surface area contributed by atoms with Crippen molar-refractivity contribution in [2.45, 2.75) is 258 Å². The third-order valence-electron chi connectivity index (χ3n) is 12.7. The Morgan fingerprint density at radius 1 is 0.253 bits per heavy atom. The molecule has 0 aliphatic heterocycles. The molecule has 6 heteroatoms. The van der Waals surface area contributed by atoms with Crippen LogP contribution in [0.5, 0.6) is 0 Å². The molecule has 0 bridgehead atoms. The topological polar surface area (TPSA) is 78.9 Å². The molecule has 0 aromatic heterocycles. The van der Waals surface area contributed by atoms with Gasteiger partial charge in [0.25, 0.3) is 0 Å². The fraction of sp³-hybridized carbons (Fsp3) is 0.575. The van der Waals surface area contributed by atoms with Gasteiger partial charge in [0.05, 0.1) is 0 Å². The van der Waals surface area contributed by atoms with E-state index in [1.807, 2.05) is 0 Å². The summed E-state index contributed by atoms with van der Waals surface area (Å²) in [5, 5.41) is 0. The lowest BCUT2D eigenvalue weighted by Gasteiger charge is -2.18. The van der Waals surface area contributed by atoms with Gasteiger partial charge < -0.3 is 14.2 Å². The maximum Gasteiger partial charge on any atom is 0.306 e. The van der Waals surface area contributed by atoms with Crippen LogP contribution in [0.3, 0.4) is 0 Å². The quantitative estimate of drug-likeness (QED) is 0.0261. The molecule has 0 rings (SSSR count). The minimum atomic E-state index is -0.811. The van der Waals surface area contributed by atoms with Crippen molar-refractivity contribution >= 4 is 17.9 Å². The summed E-state index contributed by atoms with van der Waals surface area (Å²) in [6.45, 7) is 6.24. The van der Waals surface area contributed by atoms with E-state index in [1.165, 1.54) is 32.1 Å². The Bertz CT molecular complexity index is 1820. The van der Waals surface area contributed by atoms with Crippen molar-refractivity contribution in [3.63, 3.8) is 0 Å². The molecule has 0 saturated heterocycles. The van der Waals surface area contributed by atoms with Crippen LogP contribution in [-0.4, -0.2) is 37.2 Å². The molecule has 0 spiro atoms. The smallest absolute Gasteiger partial charge is 0.306 e. The normalized spacial score (nSPS) is 13.3. The lowest BCUT2D eigenvalue weighted by molar-refractivity contribution is -0.167. The average Bonchev–Trinajstić information content (AvgIpc) is 3.45. The largest absolute Gasteiger partial charge is 0.462 e. The number of carbonyl (C=O) groups excluding carboxylic acids is 3. The number of esters is 3. The maximum absolute atomic E-state index is 12.9. The molecule has 442 valence electrons. The van der Waals surface area contributed by atoms with Crippen LogP contribution < -0.4 is 0 Å². The van der Waals surface area contributed by atoms with Gasteiger partial charge in [0, 0.05) is 19.3 Å². The van der Waals surface area contributed by atoms with E-state index in [0.29, 0.717) is 19.3 Å². The monoisotopic (exact) mass is 1090 g/mol. The summed E-state index contributed by atoms with van der Waals surface area (Å²) in [6.07, 6.45) is 96.5. The lowest BCUT2D eigenvalue weighted by atomic mass is 10.1. The Balaban J connectivity index is 4.32. The first-order valence-electron chi connectivity index (χ1n) is 31.6. The van der Waals surface area contributed by atoms with Gasteiger partial charge in [0.1, 0.15) is 13.2 Å². The fourth-order valence-electron chi connectivity index (χ4n) is 8.07. The molecular formula is C73H114O6. The standard InChI is InChI=1S/C73H114O6/c1-4-7-10-13-16-19-22-25-27-28-29-30-31-32-33-34-35-36-37-38-39-40-41-42-43-44-46-48-51-54-57-60-63-66-72(75)78-69-70(68-77-71(74)65-62-59-56-53-50-47-24-21-18-15-12-9-6-3)79-73(76)67-64-61-58-55-52-49-45-26-23-20-17-14-11-8-5-2/h7-12,16-21,25-27,29-30,32-33,35-36,38-39,41-42,45,47,50,70H,4-6,13-15,22-24,28,31,34,37,40,43-44,46,48-49,51-69H2,1-3H3/b10-7-,11-8-,12-9-,19-16-,20-17-,21-18-,27-25-,30-29-,33-32-,36-35-,39-38-,42-41-,45-26-,50-47-. The van der Waals surface area contributed by atoms with Gasteiger partial charge >= 0.3 is 17.9 Å². The number of carbonyl (C=O) groups is 3. The molecule has 0 radical (unpaired) electrons. The Morgan fingerprint density at radius 2 is 0.456 bits per heavy atom. The third kappa shape index (κ3) is 63.5. The van der Waals surface area contributed by atoms with Gasteiger partial charge in [0.2, 0.25) is 0 Å². The molecule has 0 fully saturated rings. The lowest BCUT2D eigenvalue weighted by Crippen LogP contribution is -2.30. The molecule has 0 heterocycles. The molecule has 79 heavy (non-hydrogen) atoms. The highest BCUT2D eigenvalue weighted by Gasteiger charge is 2.19. The molecule has 1 unspecified atom stereocenters. The van der Waals surface area contributed by atoms with Crippen molar-refractivity contribution in [1.29, 1.82) is 0 Å². The second-order valence-corrected chi connectivity index (χ2v) is 20.2. The molecule has 0 aromatic carbocycles. The number of rotatable bonds is 55. The number of unbranched alkanes of at least 4 members (excludes halogenated alkanes) is 16. The van der Waals surface area contributed by atoms with Crippen LogP contribution in [0.4, 0.5) is 0 Å². The van der Waals surface area contributed by atoms with Crippen molar-refractivity contribution in [2.24, 2.45) is 0 Å². The molecule has 6 nitrogen and oxygen atoms in total. The number of allylic oxidation sites excluding steroid dienone is 28. The van der Waals surface area contributed by atoms with E-state index >= 15 is 0 Å². The predicted octanol–water partition coefficient (Wildman–Crippen LogP) is 21.9. The number of ether oxygens (including phenoxy) is 3. The SMILES string of the molecule is CC/C=C\C/C=C\C/C=C\C/C=C\C/C=C\C/C=C\C/C=C\C/C=C\CCCCCCCCCCC(=O)OCC(COC(=O)CCCCC/C=C\C/C=C\C/C=C\CC)OC(=O)CCCCCCC/C=C\C/C=C\C/C=C\CC. The van der Waals surface area contributed by atoms with Crippen molar-refractivity contribution in [3.8, 4) is 0 Å². The summed E-state index contributed by atoms with van der Waals surface area (Å²) in [4.78, 5) is 38.2. The summed E-state index contributed by atoms with van der Waals surface area (Å²) in [7, 11) is 0. The van der Waals surface area contributed by atoms with E-state index in [2.05, 4.69) is 191 Å². The molecule has 0 aromatic rings. The number of hydrogen-bond acceptors (Lipinski definition) is 6. The first-order chi connectivity index (χ1) is 39.0. The highest BCUT2D eigenvalue weighted by Crippen LogP contribution is 2.14. The molecule has 0 N–H and O–H groups in total. The molecule has 0 aliphatic rings. The van der Waals surface area contributed by atoms with Crippen molar-refractivity contribution in [1.82, 2.24) is 0 Å². The zero-order chi connectivity index (χ0) is 57.1. The Kier molecular flexibility index (Phi) is 61.0. The van der Waals surface area contributed by atoms with E-state index in [4.69, 9.17) is 14.2 Å². The molecule has 1 atom stereocenters. The van der Waals surface area contributed by atoms with Gasteiger partial charge in [0.15, 0.2) is 6.10 Å². The van der Waals surface area contributed by atoms with Crippen LogP contribution >= 0.6 is 0 Å². The fourth-order valence-corrected chi connectivity index (χ4v) is 8.07. The third-order valence-corrected chi connectivity index (χ3v) is 12.7. The first kappa shape index (κ1) is 73.8. The van der Waals surface area contributed by atoms with E-state index in [1.54, 1.807) is 0 Å². The van der Waals surface area contributed by atoms with Gasteiger partial charge in [-0.1, -0.05) is 255 Å². The molecule has 0 aliphatic carbocycles. The maximum atomic E-state index is 12.9. The minimum Gasteiger partial charge on any atom is -0.462 e. The Labute approximate surface area is 485 Å². The van der Waals surface area contributed by atoms with Crippen LogP contribution in [0, 0.1) is 0 Å². The second kappa shape index (κ2) is 65.3. The predicted molar refractivity (Wildman–Crippen MR) is 343 cm³/mol. The van der Waals surface area contributed by atoms with Crippen LogP contribution in [0.2, 0.25) is 0 Å². The van der Waals surface area contributed by atoms with Crippen molar-refractivity contribution in [2.75, 3.05) is 13.2 Å². The minimum absolute atomic E-state index is 0.106. The van der Waals surface area contributed by atoms with Crippen molar-refractivity contribution in [3.05, 3.63) is 170 Å². The summed E-state index contributed by atoms with van der Waals surface area (Å²) >= 11 is 0. The van der Waals surface area contributed by atoms with Crippen molar-refractivity contribution < 1.29 is 28.6 Å². The Hall–Kier alpha value is -5.23. The highest BCUT2D eigenvalue weighted by molar-refractivity contribution is 5.71. The van der Waals surface area contributed by atoms with Gasteiger partial charge in [-0.05, 0) is 148 Å². The van der Waals surface area contributed by atoms with Gasteiger partial charge in [-0.2, -0.15) is 0 Å².